The maximum atomic E-state index is 11.9. The summed E-state index contributed by atoms with van der Waals surface area (Å²) in [6, 6.07) is -0.857. The lowest BCUT2D eigenvalue weighted by Crippen LogP contribution is -2.51. The van der Waals surface area contributed by atoms with Gasteiger partial charge in [-0.3, -0.25) is 4.79 Å². The van der Waals surface area contributed by atoms with E-state index in [9.17, 15) is 9.59 Å². The summed E-state index contributed by atoms with van der Waals surface area (Å²) in [7, 11) is 0. The number of carbonyl (C=O) groups excluding carboxylic acids is 1. The van der Waals surface area contributed by atoms with Crippen molar-refractivity contribution in [3.05, 3.63) is 0 Å². The predicted molar refractivity (Wildman–Crippen MR) is 61.9 cm³/mol. The molecule has 1 unspecified atom stereocenters. The molecule has 0 saturated carbocycles. The van der Waals surface area contributed by atoms with Gasteiger partial charge < -0.3 is 16.2 Å². The average molecular weight is 230 g/mol. The SMILES string of the molecule is CCC(C)(CN)C(=O)N[C@@H](C(=O)O)C(C)C. The Labute approximate surface area is 96.4 Å². The smallest absolute Gasteiger partial charge is 0.326 e. The molecule has 5 nitrogen and oxygen atoms in total. The van der Waals surface area contributed by atoms with E-state index in [4.69, 9.17) is 10.8 Å². The Hall–Kier alpha value is -1.10. The van der Waals surface area contributed by atoms with Crippen LogP contribution in [0.1, 0.15) is 34.1 Å². The number of nitrogens with one attached hydrogen (secondary N) is 1. The number of carboxylic acid groups (broad SMARTS) is 1. The molecule has 94 valence electrons. The third-order valence-electron chi connectivity index (χ3n) is 3.00. The minimum Gasteiger partial charge on any atom is -0.480 e. The highest BCUT2D eigenvalue weighted by molar-refractivity contribution is 5.87. The van der Waals surface area contributed by atoms with Crippen LogP contribution in [0, 0.1) is 11.3 Å². The highest BCUT2D eigenvalue weighted by Gasteiger charge is 2.33. The van der Waals surface area contributed by atoms with Crippen LogP contribution in [0.4, 0.5) is 0 Å². The van der Waals surface area contributed by atoms with E-state index < -0.39 is 17.4 Å². The second kappa shape index (κ2) is 5.84. The zero-order chi connectivity index (χ0) is 12.9. The average Bonchev–Trinajstić information content (AvgIpc) is 2.23. The van der Waals surface area contributed by atoms with E-state index in [1.54, 1.807) is 20.8 Å². The number of nitrogens with two attached hydrogens (primary N) is 1. The molecule has 16 heavy (non-hydrogen) atoms. The van der Waals surface area contributed by atoms with E-state index >= 15 is 0 Å². The summed E-state index contributed by atoms with van der Waals surface area (Å²) in [5.74, 6) is -1.46. The van der Waals surface area contributed by atoms with Gasteiger partial charge in [-0.05, 0) is 19.3 Å². The molecule has 0 rings (SSSR count). The first-order valence-electron chi connectivity index (χ1n) is 5.52. The molecule has 5 heteroatoms. The molecule has 0 aliphatic rings. The molecule has 0 aromatic rings. The summed E-state index contributed by atoms with van der Waals surface area (Å²) in [4.78, 5) is 22.8. The van der Waals surface area contributed by atoms with Crippen molar-refractivity contribution in [2.45, 2.75) is 40.2 Å². The molecule has 0 fully saturated rings. The van der Waals surface area contributed by atoms with Crippen molar-refractivity contribution >= 4 is 11.9 Å². The fourth-order valence-corrected chi connectivity index (χ4v) is 1.23. The fourth-order valence-electron chi connectivity index (χ4n) is 1.23. The zero-order valence-corrected chi connectivity index (χ0v) is 10.4. The number of aliphatic carboxylic acids is 1. The first-order chi connectivity index (χ1) is 7.28. The third kappa shape index (κ3) is 3.48. The second-order valence-electron chi connectivity index (χ2n) is 4.65. The summed E-state index contributed by atoms with van der Waals surface area (Å²) < 4.78 is 0. The lowest BCUT2D eigenvalue weighted by atomic mass is 9.86. The van der Waals surface area contributed by atoms with Gasteiger partial charge in [0.25, 0.3) is 0 Å². The predicted octanol–water partition coefficient (Wildman–Crippen LogP) is 0.587. The second-order valence-corrected chi connectivity index (χ2v) is 4.65. The summed E-state index contributed by atoms with van der Waals surface area (Å²) >= 11 is 0. The monoisotopic (exact) mass is 230 g/mol. The Morgan fingerprint density at radius 1 is 1.44 bits per heavy atom. The van der Waals surface area contributed by atoms with Crippen molar-refractivity contribution in [2.75, 3.05) is 6.54 Å². The highest BCUT2D eigenvalue weighted by atomic mass is 16.4. The minimum absolute atomic E-state index is 0.152. The van der Waals surface area contributed by atoms with E-state index in [-0.39, 0.29) is 18.4 Å². The van der Waals surface area contributed by atoms with E-state index in [1.165, 1.54) is 0 Å². The van der Waals surface area contributed by atoms with Crippen molar-refractivity contribution in [3.8, 4) is 0 Å². The van der Waals surface area contributed by atoms with Crippen molar-refractivity contribution in [1.29, 1.82) is 0 Å². The van der Waals surface area contributed by atoms with Crippen LogP contribution >= 0.6 is 0 Å². The van der Waals surface area contributed by atoms with Gasteiger partial charge in [-0.2, -0.15) is 0 Å². The van der Waals surface area contributed by atoms with Gasteiger partial charge in [0, 0.05) is 6.54 Å². The number of hydrogen-bond acceptors (Lipinski definition) is 3. The van der Waals surface area contributed by atoms with Crippen molar-refractivity contribution in [3.63, 3.8) is 0 Å². The Morgan fingerprint density at radius 3 is 2.19 bits per heavy atom. The van der Waals surface area contributed by atoms with Crippen molar-refractivity contribution < 1.29 is 14.7 Å². The molecular formula is C11H22N2O3. The van der Waals surface area contributed by atoms with Crippen molar-refractivity contribution in [2.24, 2.45) is 17.1 Å². The maximum absolute atomic E-state index is 11.9. The number of hydrogen-bond donors (Lipinski definition) is 3. The first kappa shape index (κ1) is 14.9. The van der Waals surface area contributed by atoms with E-state index in [0.717, 1.165) is 0 Å². The number of carbonyl (C=O) groups is 2. The Kier molecular flexibility index (Phi) is 5.44. The summed E-state index contributed by atoms with van der Waals surface area (Å²) in [6.07, 6.45) is 0.583. The summed E-state index contributed by atoms with van der Waals surface area (Å²) in [5.41, 5.74) is 4.85. The zero-order valence-electron chi connectivity index (χ0n) is 10.4. The van der Waals surface area contributed by atoms with Crippen LogP contribution in [0.5, 0.6) is 0 Å². The van der Waals surface area contributed by atoms with Crippen LogP contribution in [0.25, 0.3) is 0 Å². The molecule has 0 saturated heterocycles. The molecule has 0 heterocycles. The van der Waals surface area contributed by atoms with Gasteiger partial charge in [0.15, 0.2) is 0 Å². The molecule has 0 radical (unpaired) electrons. The van der Waals surface area contributed by atoms with Crippen molar-refractivity contribution in [1.82, 2.24) is 5.32 Å². The molecular weight excluding hydrogens is 208 g/mol. The van der Waals surface area contributed by atoms with E-state index in [1.807, 2.05) is 6.92 Å². The van der Waals surface area contributed by atoms with Crippen LogP contribution in [0.2, 0.25) is 0 Å². The molecule has 0 spiro atoms. The quantitative estimate of drug-likeness (QED) is 0.622. The number of rotatable bonds is 6. The van der Waals surface area contributed by atoms with Gasteiger partial charge in [0.05, 0.1) is 5.41 Å². The van der Waals surface area contributed by atoms with Crippen LogP contribution in [-0.4, -0.2) is 29.6 Å². The minimum atomic E-state index is -1.01. The number of amides is 1. The van der Waals surface area contributed by atoms with Crippen LogP contribution in [-0.2, 0) is 9.59 Å². The number of carboxylic acids is 1. The Morgan fingerprint density at radius 2 is 1.94 bits per heavy atom. The Bertz CT molecular complexity index is 260. The van der Waals surface area contributed by atoms with E-state index in [2.05, 4.69) is 5.32 Å². The lowest BCUT2D eigenvalue weighted by molar-refractivity contribution is -0.144. The topological polar surface area (TPSA) is 92.4 Å². The lowest BCUT2D eigenvalue weighted by Gasteiger charge is -2.28. The molecule has 0 aliphatic carbocycles. The standard InChI is InChI=1S/C11H22N2O3/c1-5-11(4,6-12)10(16)13-8(7(2)3)9(14)15/h7-8H,5-6,12H2,1-4H3,(H,13,16)(H,14,15)/t8-,11?/m1/s1. The van der Waals surface area contributed by atoms with Gasteiger partial charge in [0.1, 0.15) is 6.04 Å². The van der Waals surface area contributed by atoms with Gasteiger partial charge >= 0.3 is 5.97 Å². The van der Waals surface area contributed by atoms with Gasteiger partial charge in [-0.25, -0.2) is 4.79 Å². The molecule has 0 aromatic heterocycles. The highest BCUT2D eigenvalue weighted by Crippen LogP contribution is 2.20. The largest absolute Gasteiger partial charge is 0.480 e. The third-order valence-corrected chi connectivity index (χ3v) is 3.00. The van der Waals surface area contributed by atoms with Crippen LogP contribution < -0.4 is 11.1 Å². The van der Waals surface area contributed by atoms with Gasteiger partial charge in [-0.15, -0.1) is 0 Å². The fraction of sp³-hybridized carbons (Fsp3) is 0.818. The van der Waals surface area contributed by atoms with Crippen LogP contribution in [0.3, 0.4) is 0 Å². The van der Waals surface area contributed by atoms with Gasteiger partial charge in [-0.1, -0.05) is 20.8 Å². The maximum Gasteiger partial charge on any atom is 0.326 e. The molecule has 1 amide bonds. The molecule has 2 atom stereocenters. The van der Waals surface area contributed by atoms with Crippen LogP contribution in [0.15, 0.2) is 0 Å². The molecule has 4 N–H and O–H groups in total. The molecule has 0 aromatic carbocycles. The Balaban J connectivity index is 4.70. The van der Waals surface area contributed by atoms with Gasteiger partial charge in [0.2, 0.25) is 5.91 Å². The molecule has 0 bridgehead atoms. The first-order valence-corrected chi connectivity index (χ1v) is 5.52. The normalized spacial score (nSPS) is 16.6. The van der Waals surface area contributed by atoms with E-state index in [0.29, 0.717) is 6.42 Å². The summed E-state index contributed by atoms with van der Waals surface area (Å²) in [6.45, 7) is 7.31. The summed E-state index contributed by atoms with van der Waals surface area (Å²) in [5, 5.41) is 11.5. The molecule has 0 aliphatic heterocycles.